The molecule has 1 aliphatic heterocycles. The van der Waals surface area contributed by atoms with Crippen LogP contribution in [0.25, 0.3) is 0 Å². The molecule has 0 spiro atoms. The molecule has 124 valence electrons. The van der Waals surface area contributed by atoms with Gasteiger partial charge < -0.3 is 10.6 Å². The minimum atomic E-state index is -3.47. The first kappa shape index (κ1) is 18.9. The van der Waals surface area contributed by atoms with Crippen molar-refractivity contribution >= 4 is 28.3 Å². The van der Waals surface area contributed by atoms with Crippen molar-refractivity contribution in [1.29, 1.82) is 0 Å². The number of benzene rings is 1. The van der Waals surface area contributed by atoms with Gasteiger partial charge in [0.1, 0.15) is 0 Å². The summed E-state index contributed by atoms with van der Waals surface area (Å²) in [7, 11) is -2.11. The van der Waals surface area contributed by atoms with Gasteiger partial charge in [0.15, 0.2) is 0 Å². The van der Waals surface area contributed by atoms with Crippen molar-refractivity contribution in [2.45, 2.75) is 24.3 Å². The van der Waals surface area contributed by atoms with E-state index in [9.17, 15) is 13.2 Å². The average Bonchev–Trinajstić information content (AvgIpc) is 2.49. The third-order valence-corrected chi connectivity index (χ3v) is 5.23. The quantitative estimate of drug-likeness (QED) is 0.750. The molecule has 1 aromatic carbocycles. The predicted octanol–water partition coefficient (Wildman–Crippen LogP) is 0.744. The number of carbonyl (C=O) groups excluding carboxylic acids is 1. The number of amides is 1. The zero-order valence-electron chi connectivity index (χ0n) is 12.6. The summed E-state index contributed by atoms with van der Waals surface area (Å²) in [5.74, 6) is 0.216. The van der Waals surface area contributed by atoms with Crippen LogP contribution >= 0.6 is 12.4 Å². The lowest BCUT2D eigenvalue weighted by Gasteiger charge is -2.30. The van der Waals surface area contributed by atoms with Gasteiger partial charge in [-0.15, -0.1) is 12.4 Å². The Hall–Kier alpha value is -1.15. The fourth-order valence-electron chi connectivity index (χ4n) is 2.38. The second-order valence-electron chi connectivity index (χ2n) is 5.28. The van der Waals surface area contributed by atoms with Gasteiger partial charge in [0.05, 0.1) is 4.90 Å². The highest BCUT2D eigenvalue weighted by atomic mass is 35.5. The Morgan fingerprint density at radius 1 is 1.27 bits per heavy atom. The van der Waals surface area contributed by atoms with E-state index in [1.54, 1.807) is 0 Å². The van der Waals surface area contributed by atoms with Crippen LogP contribution in [-0.2, 0) is 10.0 Å². The number of halogens is 1. The van der Waals surface area contributed by atoms with Gasteiger partial charge in [-0.3, -0.25) is 4.79 Å². The molecule has 1 heterocycles. The van der Waals surface area contributed by atoms with E-state index in [2.05, 4.69) is 22.3 Å². The Kier molecular flexibility index (Phi) is 6.80. The van der Waals surface area contributed by atoms with Crippen molar-refractivity contribution in [3.8, 4) is 0 Å². The first-order chi connectivity index (χ1) is 9.94. The van der Waals surface area contributed by atoms with Crippen LogP contribution in [-0.4, -0.2) is 40.5 Å². The fraction of sp³-hybridized carbons (Fsp3) is 0.500. The Morgan fingerprint density at radius 2 is 1.91 bits per heavy atom. The van der Waals surface area contributed by atoms with Crippen molar-refractivity contribution in [2.24, 2.45) is 5.92 Å². The maximum absolute atomic E-state index is 12.2. The van der Waals surface area contributed by atoms with Gasteiger partial charge in [-0.1, -0.05) is 6.92 Å². The standard InChI is InChI=1S/C14H21N3O3S.ClH/c1-10-9-16-8-7-13(10)17-14(18)11-3-5-12(6-4-11)21(19,20)15-2;/h3-6,10,13,15-16H,7-9H2,1-2H3,(H,17,18);1H. The van der Waals surface area contributed by atoms with Gasteiger partial charge in [0.25, 0.3) is 5.91 Å². The molecule has 0 aromatic heterocycles. The van der Waals surface area contributed by atoms with Crippen LogP contribution in [0.2, 0.25) is 0 Å². The lowest BCUT2D eigenvalue weighted by atomic mass is 9.95. The van der Waals surface area contributed by atoms with Gasteiger partial charge >= 0.3 is 0 Å². The number of sulfonamides is 1. The maximum Gasteiger partial charge on any atom is 0.251 e. The molecular formula is C14H22ClN3O3S. The highest BCUT2D eigenvalue weighted by molar-refractivity contribution is 7.89. The van der Waals surface area contributed by atoms with E-state index >= 15 is 0 Å². The molecule has 1 aliphatic rings. The first-order valence-corrected chi connectivity index (χ1v) is 8.47. The molecule has 1 fully saturated rings. The summed E-state index contributed by atoms with van der Waals surface area (Å²) in [6, 6.07) is 6.09. The van der Waals surface area contributed by atoms with Crippen LogP contribution in [0, 0.1) is 5.92 Å². The molecule has 1 aromatic rings. The average molecular weight is 348 g/mol. The Bertz CT molecular complexity index is 604. The highest BCUT2D eigenvalue weighted by Crippen LogP contribution is 2.13. The van der Waals surface area contributed by atoms with Gasteiger partial charge in [0, 0.05) is 11.6 Å². The number of hydrogen-bond acceptors (Lipinski definition) is 4. The first-order valence-electron chi connectivity index (χ1n) is 6.99. The van der Waals surface area contributed by atoms with E-state index in [0.29, 0.717) is 11.5 Å². The summed E-state index contributed by atoms with van der Waals surface area (Å²) >= 11 is 0. The monoisotopic (exact) mass is 347 g/mol. The molecule has 2 rings (SSSR count). The summed E-state index contributed by atoms with van der Waals surface area (Å²) < 4.78 is 25.5. The third-order valence-electron chi connectivity index (χ3n) is 3.80. The molecule has 0 radical (unpaired) electrons. The molecule has 2 unspecified atom stereocenters. The molecule has 8 heteroatoms. The Morgan fingerprint density at radius 3 is 2.45 bits per heavy atom. The summed E-state index contributed by atoms with van der Waals surface area (Å²) in [6.07, 6.45) is 0.902. The van der Waals surface area contributed by atoms with Crippen LogP contribution in [0.4, 0.5) is 0 Å². The lowest BCUT2D eigenvalue weighted by Crippen LogP contribution is -2.48. The summed E-state index contributed by atoms with van der Waals surface area (Å²) in [6.45, 7) is 3.89. The van der Waals surface area contributed by atoms with Crippen molar-refractivity contribution in [3.63, 3.8) is 0 Å². The smallest absolute Gasteiger partial charge is 0.251 e. The van der Waals surface area contributed by atoms with Crippen LogP contribution in [0.3, 0.4) is 0 Å². The second kappa shape index (κ2) is 7.92. The largest absolute Gasteiger partial charge is 0.349 e. The predicted molar refractivity (Wildman–Crippen MR) is 87.8 cm³/mol. The molecular weight excluding hydrogens is 326 g/mol. The molecule has 22 heavy (non-hydrogen) atoms. The molecule has 6 nitrogen and oxygen atoms in total. The molecule has 1 saturated heterocycles. The molecule has 0 aliphatic carbocycles. The van der Waals surface area contributed by atoms with Gasteiger partial charge in [-0.05, 0) is 56.7 Å². The van der Waals surface area contributed by atoms with Crippen molar-refractivity contribution in [3.05, 3.63) is 29.8 Å². The highest BCUT2D eigenvalue weighted by Gasteiger charge is 2.23. The molecule has 3 N–H and O–H groups in total. The van der Waals surface area contributed by atoms with E-state index in [0.717, 1.165) is 19.5 Å². The lowest BCUT2D eigenvalue weighted by molar-refractivity contribution is 0.0914. The number of hydrogen-bond donors (Lipinski definition) is 3. The van der Waals surface area contributed by atoms with E-state index in [4.69, 9.17) is 0 Å². The van der Waals surface area contributed by atoms with Gasteiger partial charge in [-0.25, -0.2) is 13.1 Å². The van der Waals surface area contributed by atoms with Gasteiger partial charge in [-0.2, -0.15) is 0 Å². The van der Waals surface area contributed by atoms with E-state index in [1.165, 1.54) is 31.3 Å². The van der Waals surface area contributed by atoms with E-state index in [-0.39, 0.29) is 29.3 Å². The second-order valence-corrected chi connectivity index (χ2v) is 7.17. The normalized spacial score (nSPS) is 21.7. The summed E-state index contributed by atoms with van der Waals surface area (Å²) in [5, 5.41) is 6.30. The minimum Gasteiger partial charge on any atom is -0.349 e. The molecule has 1 amide bonds. The molecule has 0 bridgehead atoms. The molecule has 2 atom stereocenters. The van der Waals surface area contributed by atoms with Gasteiger partial charge in [0.2, 0.25) is 10.0 Å². The summed E-state index contributed by atoms with van der Waals surface area (Å²) in [5.41, 5.74) is 0.468. The Balaban J connectivity index is 0.00000242. The number of piperidine rings is 1. The van der Waals surface area contributed by atoms with Crippen LogP contribution in [0.5, 0.6) is 0 Å². The van der Waals surface area contributed by atoms with Crippen LogP contribution in [0.1, 0.15) is 23.7 Å². The number of nitrogens with one attached hydrogen (secondary N) is 3. The SMILES string of the molecule is CNS(=O)(=O)c1ccc(C(=O)NC2CCNCC2C)cc1.Cl. The van der Waals surface area contributed by atoms with Crippen molar-refractivity contribution in [1.82, 2.24) is 15.4 Å². The number of carbonyl (C=O) groups is 1. The van der Waals surface area contributed by atoms with E-state index < -0.39 is 10.0 Å². The third kappa shape index (κ3) is 4.42. The minimum absolute atomic E-state index is 0. The Labute approximate surface area is 137 Å². The van der Waals surface area contributed by atoms with E-state index in [1.807, 2.05) is 0 Å². The van der Waals surface area contributed by atoms with Crippen molar-refractivity contribution in [2.75, 3.05) is 20.1 Å². The van der Waals surface area contributed by atoms with Crippen LogP contribution < -0.4 is 15.4 Å². The van der Waals surface area contributed by atoms with Crippen molar-refractivity contribution < 1.29 is 13.2 Å². The maximum atomic E-state index is 12.2. The zero-order chi connectivity index (χ0) is 15.5. The summed E-state index contributed by atoms with van der Waals surface area (Å²) in [4.78, 5) is 12.3. The fourth-order valence-corrected chi connectivity index (χ4v) is 3.11. The molecule has 0 saturated carbocycles. The number of rotatable bonds is 4. The topological polar surface area (TPSA) is 87.3 Å². The zero-order valence-corrected chi connectivity index (χ0v) is 14.3. The van der Waals surface area contributed by atoms with Crippen LogP contribution in [0.15, 0.2) is 29.2 Å².